The fourth-order valence-electron chi connectivity index (χ4n) is 5.25. The molecule has 1 aliphatic rings. The largest absolute Gasteiger partial charge is 0.508 e. The van der Waals surface area contributed by atoms with Gasteiger partial charge in [-0.05, 0) is 92.1 Å². The Balaban J connectivity index is 0.000000404. The predicted molar refractivity (Wildman–Crippen MR) is 174 cm³/mol. The van der Waals surface area contributed by atoms with Crippen LogP contribution in [0.2, 0.25) is 0 Å². The van der Waals surface area contributed by atoms with Crippen LogP contribution in [0.5, 0.6) is 11.5 Å². The molecule has 236 valence electrons. The predicted octanol–water partition coefficient (Wildman–Crippen LogP) is 6.57. The van der Waals surface area contributed by atoms with Gasteiger partial charge in [-0.3, -0.25) is 9.59 Å². The third-order valence-corrected chi connectivity index (χ3v) is 7.18. The van der Waals surface area contributed by atoms with Crippen LogP contribution in [0, 0.1) is 5.92 Å². The summed E-state index contributed by atoms with van der Waals surface area (Å²) in [6.45, 7) is 10.0. The number of para-hydroxylation sites is 1. The molecule has 0 saturated carbocycles. The Bertz CT molecular complexity index is 1380. The first kappa shape index (κ1) is 34.0. The van der Waals surface area contributed by atoms with Gasteiger partial charge in [-0.2, -0.15) is 0 Å². The Morgan fingerprint density at radius 1 is 0.955 bits per heavy atom. The molecule has 0 spiro atoms. The van der Waals surface area contributed by atoms with Gasteiger partial charge in [0.25, 0.3) is 0 Å². The number of rotatable bonds is 11. The van der Waals surface area contributed by atoms with Gasteiger partial charge in [-0.15, -0.1) is 0 Å². The minimum atomic E-state index is -1.04. The number of carbonyl (C=O) groups is 3. The number of phenols is 1. The van der Waals surface area contributed by atoms with Gasteiger partial charge in [-0.25, -0.2) is 4.79 Å². The molecule has 3 aromatic carbocycles. The highest BCUT2D eigenvalue weighted by Crippen LogP contribution is 2.32. The highest BCUT2D eigenvalue weighted by Gasteiger charge is 2.23. The topological polar surface area (TPSA) is 128 Å². The summed E-state index contributed by atoms with van der Waals surface area (Å²) < 4.78 is 5.49. The van der Waals surface area contributed by atoms with E-state index in [1.807, 2.05) is 6.07 Å². The number of phenolic OH excluding ortho intramolecular Hbond substituents is 1. The van der Waals surface area contributed by atoms with E-state index in [0.717, 1.165) is 30.6 Å². The first-order valence-electron chi connectivity index (χ1n) is 15.3. The molecular formula is C35H45N3O6. The van der Waals surface area contributed by atoms with Crippen molar-refractivity contribution in [3.63, 3.8) is 0 Å². The Morgan fingerprint density at radius 2 is 1.64 bits per heavy atom. The van der Waals surface area contributed by atoms with Crippen molar-refractivity contribution < 1.29 is 29.3 Å². The number of carboxylic acids is 1. The van der Waals surface area contributed by atoms with Crippen molar-refractivity contribution in [3.05, 3.63) is 83.4 Å². The third kappa shape index (κ3) is 10.6. The molecule has 1 heterocycles. The zero-order valence-electron chi connectivity index (χ0n) is 26.1. The van der Waals surface area contributed by atoms with Gasteiger partial charge >= 0.3 is 5.97 Å². The number of nitrogens with zero attached hydrogens (tertiary/aromatic N) is 1. The van der Waals surface area contributed by atoms with Crippen LogP contribution in [0.15, 0.2) is 66.7 Å². The van der Waals surface area contributed by atoms with Crippen molar-refractivity contribution in [2.75, 3.05) is 29.9 Å². The second kappa shape index (κ2) is 16.9. The molecule has 3 aromatic rings. The number of aromatic carboxylic acids is 1. The lowest BCUT2D eigenvalue weighted by atomic mass is 9.94. The standard InChI is InChI=1S/C27H36N2O4.C8H9NO2/c1-4-33-25-17-20(12-13-22(25)27(31)32)18-26(30)28-23(16-19(2)3)21-10-6-7-11-24(21)29-14-8-5-9-15-29;1-6(10)9-7-2-4-8(11)5-3-7/h6-7,10-13,17,19,23H,4-5,8-9,14-16,18H2,1-3H3,(H,28,30)(H,31,32);2-5,11H,1H3,(H,9,10)/t23-;/m0./s1. The molecule has 9 nitrogen and oxygen atoms in total. The van der Waals surface area contributed by atoms with Crippen molar-refractivity contribution in [1.29, 1.82) is 0 Å². The van der Waals surface area contributed by atoms with Gasteiger partial charge in [0.05, 0.1) is 19.1 Å². The zero-order valence-corrected chi connectivity index (χ0v) is 26.1. The van der Waals surface area contributed by atoms with E-state index in [-0.39, 0.29) is 35.6 Å². The first-order valence-corrected chi connectivity index (χ1v) is 15.3. The smallest absolute Gasteiger partial charge is 0.339 e. The minimum Gasteiger partial charge on any atom is -0.508 e. The number of ether oxygens (including phenoxy) is 1. The second-order valence-electron chi connectivity index (χ2n) is 11.3. The molecule has 2 amide bonds. The summed E-state index contributed by atoms with van der Waals surface area (Å²) in [5, 5.41) is 24.1. The maximum atomic E-state index is 13.1. The van der Waals surface area contributed by atoms with Gasteiger partial charge < -0.3 is 30.5 Å². The van der Waals surface area contributed by atoms with E-state index in [1.54, 1.807) is 31.2 Å². The van der Waals surface area contributed by atoms with E-state index in [4.69, 9.17) is 9.84 Å². The number of hydrogen-bond acceptors (Lipinski definition) is 6. The number of carboxylic acid groups (broad SMARTS) is 1. The number of piperidine rings is 1. The van der Waals surface area contributed by atoms with Crippen molar-refractivity contribution in [2.45, 2.75) is 65.8 Å². The van der Waals surface area contributed by atoms with Crippen LogP contribution >= 0.6 is 0 Å². The molecule has 0 bridgehead atoms. The Labute approximate surface area is 260 Å². The maximum Gasteiger partial charge on any atom is 0.339 e. The Morgan fingerprint density at radius 3 is 2.25 bits per heavy atom. The van der Waals surface area contributed by atoms with Crippen molar-refractivity contribution in [2.24, 2.45) is 5.92 Å². The summed E-state index contributed by atoms with van der Waals surface area (Å²) in [5.41, 5.74) is 3.91. The molecule has 1 saturated heterocycles. The van der Waals surface area contributed by atoms with E-state index in [1.165, 1.54) is 50.1 Å². The van der Waals surface area contributed by atoms with E-state index in [2.05, 4.69) is 47.6 Å². The van der Waals surface area contributed by atoms with Gasteiger partial charge in [0.15, 0.2) is 0 Å². The number of nitrogens with one attached hydrogen (secondary N) is 2. The number of benzene rings is 3. The van der Waals surface area contributed by atoms with Crippen molar-refractivity contribution >= 4 is 29.2 Å². The molecule has 0 radical (unpaired) electrons. The molecule has 0 unspecified atom stereocenters. The average molecular weight is 604 g/mol. The van der Waals surface area contributed by atoms with Gasteiger partial charge in [0.1, 0.15) is 17.1 Å². The number of anilines is 2. The molecular weight excluding hydrogens is 558 g/mol. The molecule has 9 heteroatoms. The first-order chi connectivity index (χ1) is 21.1. The van der Waals surface area contributed by atoms with Crippen LogP contribution in [0.25, 0.3) is 0 Å². The lowest BCUT2D eigenvalue weighted by Crippen LogP contribution is -2.34. The Kier molecular flexibility index (Phi) is 13.1. The normalized spacial score (nSPS) is 13.3. The molecule has 0 aliphatic carbocycles. The number of amides is 2. The molecule has 1 aliphatic heterocycles. The highest BCUT2D eigenvalue weighted by atomic mass is 16.5. The van der Waals surface area contributed by atoms with Crippen LogP contribution in [0.1, 0.15) is 80.9 Å². The van der Waals surface area contributed by atoms with Gasteiger partial charge in [0.2, 0.25) is 11.8 Å². The SMILES string of the molecule is CC(=O)Nc1ccc(O)cc1.CCOc1cc(CC(=O)N[C@@H](CC(C)C)c2ccccc2N2CCCCC2)ccc1C(=O)O. The third-order valence-electron chi connectivity index (χ3n) is 7.18. The van der Waals surface area contributed by atoms with Gasteiger partial charge in [-0.1, -0.05) is 38.1 Å². The monoisotopic (exact) mass is 603 g/mol. The summed E-state index contributed by atoms with van der Waals surface area (Å²) in [6.07, 6.45) is 4.68. The maximum absolute atomic E-state index is 13.1. The van der Waals surface area contributed by atoms with E-state index >= 15 is 0 Å². The summed E-state index contributed by atoms with van der Waals surface area (Å²) in [5.74, 6) is -0.330. The summed E-state index contributed by atoms with van der Waals surface area (Å²) in [6, 6.07) is 19.5. The second-order valence-corrected chi connectivity index (χ2v) is 11.3. The molecule has 1 fully saturated rings. The van der Waals surface area contributed by atoms with Crippen LogP contribution in [-0.2, 0) is 16.0 Å². The summed E-state index contributed by atoms with van der Waals surface area (Å²) in [4.78, 5) is 37.5. The quantitative estimate of drug-likeness (QED) is 0.183. The molecule has 44 heavy (non-hydrogen) atoms. The highest BCUT2D eigenvalue weighted by molar-refractivity contribution is 5.91. The van der Waals surface area contributed by atoms with E-state index < -0.39 is 5.97 Å². The average Bonchev–Trinajstić information content (AvgIpc) is 2.98. The summed E-state index contributed by atoms with van der Waals surface area (Å²) >= 11 is 0. The Hall–Kier alpha value is -4.53. The van der Waals surface area contributed by atoms with Crippen molar-refractivity contribution in [1.82, 2.24) is 5.32 Å². The fourth-order valence-corrected chi connectivity index (χ4v) is 5.25. The zero-order chi connectivity index (χ0) is 32.1. The number of carbonyl (C=O) groups excluding carboxylic acids is 2. The number of aromatic hydroxyl groups is 1. The van der Waals surface area contributed by atoms with Crippen LogP contribution < -0.4 is 20.3 Å². The molecule has 4 N–H and O–H groups in total. The molecule has 1 atom stereocenters. The molecule has 0 aromatic heterocycles. The fraction of sp³-hybridized carbons (Fsp3) is 0.400. The molecule has 4 rings (SSSR count). The van der Waals surface area contributed by atoms with E-state index in [9.17, 15) is 19.5 Å². The van der Waals surface area contributed by atoms with E-state index in [0.29, 0.717) is 24.0 Å². The van der Waals surface area contributed by atoms with Crippen LogP contribution in [0.4, 0.5) is 11.4 Å². The lowest BCUT2D eigenvalue weighted by Gasteiger charge is -2.33. The minimum absolute atomic E-state index is 0.0831. The number of hydrogen-bond donors (Lipinski definition) is 4. The van der Waals surface area contributed by atoms with Crippen LogP contribution in [0.3, 0.4) is 0 Å². The van der Waals surface area contributed by atoms with Crippen LogP contribution in [-0.4, -0.2) is 47.7 Å². The summed E-state index contributed by atoms with van der Waals surface area (Å²) in [7, 11) is 0. The lowest BCUT2D eigenvalue weighted by molar-refractivity contribution is -0.121. The van der Waals surface area contributed by atoms with Gasteiger partial charge in [0, 0.05) is 31.4 Å². The van der Waals surface area contributed by atoms with Crippen molar-refractivity contribution in [3.8, 4) is 11.5 Å².